The highest BCUT2D eigenvalue weighted by Gasteiger charge is 2.49. The predicted molar refractivity (Wildman–Crippen MR) is 102 cm³/mol. The number of benzene rings is 1. The van der Waals surface area contributed by atoms with E-state index >= 15 is 0 Å². The fourth-order valence-electron chi connectivity index (χ4n) is 2.89. The lowest BCUT2D eigenvalue weighted by molar-refractivity contribution is -0.120. The average Bonchev–Trinajstić information content (AvgIpc) is 2.97. The number of fused-ring (bicyclic) bond motifs is 1. The summed E-state index contributed by atoms with van der Waals surface area (Å²) in [6.45, 7) is 3.57. The number of aliphatic imine (C=N–C) groups is 1. The highest BCUT2D eigenvalue weighted by atomic mass is 35.5. The Morgan fingerprint density at radius 2 is 2.12 bits per heavy atom. The zero-order valence-corrected chi connectivity index (χ0v) is 16.5. The maximum absolute atomic E-state index is 12.1. The summed E-state index contributed by atoms with van der Waals surface area (Å²) in [5.41, 5.74) is 0.707. The second kappa shape index (κ2) is 6.81. The van der Waals surface area contributed by atoms with Crippen molar-refractivity contribution in [2.75, 3.05) is 23.5 Å². The standard InChI is InChI=1S/C16H19ClN2O4S2/c1-9(2)15(20)18-16-19(10-4-5-13(23-3)11(17)6-10)12-7-25(21,22)8-14(12)24-16/h4-6,9,12,14H,7-8H2,1-3H3. The van der Waals surface area contributed by atoms with E-state index in [4.69, 9.17) is 16.3 Å². The molecule has 2 heterocycles. The van der Waals surface area contributed by atoms with Crippen LogP contribution in [0.5, 0.6) is 5.75 Å². The van der Waals surface area contributed by atoms with E-state index in [9.17, 15) is 13.2 Å². The van der Waals surface area contributed by atoms with E-state index in [1.54, 1.807) is 32.0 Å². The number of ether oxygens (including phenoxy) is 1. The summed E-state index contributed by atoms with van der Waals surface area (Å²) >= 11 is 7.58. The molecule has 6 nitrogen and oxygen atoms in total. The number of carbonyl (C=O) groups is 1. The Kier molecular flexibility index (Phi) is 5.05. The number of halogens is 1. The maximum atomic E-state index is 12.1. The molecule has 2 unspecified atom stereocenters. The van der Waals surface area contributed by atoms with Gasteiger partial charge in [0.1, 0.15) is 5.75 Å². The van der Waals surface area contributed by atoms with Crippen LogP contribution in [0.15, 0.2) is 23.2 Å². The first-order valence-corrected chi connectivity index (χ1v) is 10.9. The molecule has 2 fully saturated rings. The first kappa shape index (κ1) is 18.5. The van der Waals surface area contributed by atoms with Crippen LogP contribution in [0.1, 0.15) is 13.8 Å². The van der Waals surface area contributed by atoms with Crippen molar-refractivity contribution in [3.8, 4) is 5.75 Å². The monoisotopic (exact) mass is 402 g/mol. The Morgan fingerprint density at radius 1 is 1.40 bits per heavy atom. The summed E-state index contributed by atoms with van der Waals surface area (Å²) in [4.78, 5) is 18.2. The average molecular weight is 403 g/mol. The van der Waals surface area contributed by atoms with Crippen molar-refractivity contribution in [3.63, 3.8) is 0 Å². The molecule has 0 radical (unpaired) electrons. The Bertz CT molecular complexity index is 839. The molecule has 1 amide bonds. The van der Waals surface area contributed by atoms with Crippen LogP contribution in [-0.4, -0.2) is 49.4 Å². The molecular weight excluding hydrogens is 384 g/mol. The van der Waals surface area contributed by atoms with Gasteiger partial charge in [-0.3, -0.25) is 4.79 Å². The van der Waals surface area contributed by atoms with E-state index in [1.807, 2.05) is 4.90 Å². The lowest BCUT2D eigenvalue weighted by Crippen LogP contribution is -2.37. The lowest BCUT2D eigenvalue weighted by Gasteiger charge is -2.25. The van der Waals surface area contributed by atoms with Crippen molar-refractivity contribution in [3.05, 3.63) is 23.2 Å². The van der Waals surface area contributed by atoms with Gasteiger partial charge in [-0.15, -0.1) is 0 Å². The van der Waals surface area contributed by atoms with Gasteiger partial charge in [0.2, 0.25) is 0 Å². The van der Waals surface area contributed by atoms with E-state index in [-0.39, 0.29) is 34.6 Å². The van der Waals surface area contributed by atoms with Gasteiger partial charge in [-0.2, -0.15) is 4.99 Å². The van der Waals surface area contributed by atoms with Gasteiger partial charge < -0.3 is 9.64 Å². The van der Waals surface area contributed by atoms with Gasteiger partial charge in [0.05, 0.1) is 29.7 Å². The quantitative estimate of drug-likeness (QED) is 0.773. The number of carbonyl (C=O) groups excluding carboxylic acids is 1. The number of anilines is 1. The summed E-state index contributed by atoms with van der Waals surface area (Å²) in [6, 6.07) is 4.98. The number of methoxy groups -OCH3 is 1. The molecule has 0 aromatic heterocycles. The fourth-order valence-corrected chi connectivity index (χ4v) is 7.07. The fraction of sp³-hybridized carbons (Fsp3) is 0.500. The summed E-state index contributed by atoms with van der Waals surface area (Å²) in [5, 5.41) is 0.818. The molecule has 1 aromatic rings. The maximum Gasteiger partial charge on any atom is 0.250 e. The predicted octanol–water partition coefficient (Wildman–Crippen LogP) is 2.61. The van der Waals surface area contributed by atoms with Crippen LogP contribution < -0.4 is 9.64 Å². The number of sulfone groups is 1. The number of amides is 1. The Labute approximate surface area is 156 Å². The van der Waals surface area contributed by atoms with Crippen molar-refractivity contribution in [1.29, 1.82) is 0 Å². The first-order chi connectivity index (χ1) is 11.7. The summed E-state index contributed by atoms with van der Waals surface area (Å²) in [6.07, 6.45) is 0. The number of hydrogen-bond acceptors (Lipinski definition) is 5. The minimum atomic E-state index is -3.10. The summed E-state index contributed by atoms with van der Waals surface area (Å²) in [5.74, 6) is 0.221. The van der Waals surface area contributed by atoms with Crippen LogP contribution >= 0.6 is 23.4 Å². The van der Waals surface area contributed by atoms with Crippen molar-refractivity contribution < 1.29 is 17.9 Å². The van der Waals surface area contributed by atoms with Crippen LogP contribution in [0, 0.1) is 5.92 Å². The Balaban J connectivity index is 2.03. The van der Waals surface area contributed by atoms with Gasteiger partial charge in [-0.25, -0.2) is 8.42 Å². The summed E-state index contributed by atoms with van der Waals surface area (Å²) < 4.78 is 29.2. The van der Waals surface area contributed by atoms with Gasteiger partial charge >= 0.3 is 0 Å². The second-order valence-electron chi connectivity index (χ2n) is 6.38. The van der Waals surface area contributed by atoms with E-state index < -0.39 is 9.84 Å². The molecule has 0 N–H and O–H groups in total. The molecule has 25 heavy (non-hydrogen) atoms. The molecule has 9 heteroatoms. The molecule has 0 aliphatic carbocycles. The molecule has 0 saturated carbocycles. The number of thioether (sulfide) groups is 1. The minimum absolute atomic E-state index is 0.0448. The molecule has 1 aromatic carbocycles. The van der Waals surface area contributed by atoms with Crippen LogP contribution in [0.2, 0.25) is 5.02 Å². The molecule has 2 saturated heterocycles. The van der Waals surface area contributed by atoms with E-state index in [0.717, 1.165) is 0 Å². The van der Waals surface area contributed by atoms with E-state index in [2.05, 4.69) is 4.99 Å². The van der Waals surface area contributed by atoms with Gasteiger partial charge in [-0.1, -0.05) is 37.2 Å². The molecule has 2 atom stereocenters. The molecular formula is C16H19ClN2O4S2. The second-order valence-corrected chi connectivity index (χ2v) is 10.1. The lowest BCUT2D eigenvalue weighted by atomic mass is 10.2. The van der Waals surface area contributed by atoms with Crippen LogP contribution in [-0.2, 0) is 14.6 Å². The topological polar surface area (TPSA) is 76.0 Å². The molecule has 3 rings (SSSR count). The first-order valence-electron chi connectivity index (χ1n) is 7.84. The zero-order valence-electron chi connectivity index (χ0n) is 14.1. The summed E-state index contributed by atoms with van der Waals surface area (Å²) in [7, 11) is -1.57. The van der Waals surface area contributed by atoms with Crippen LogP contribution in [0.3, 0.4) is 0 Å². The van der Waals surface area contributed by atoms with Crippen molar-refractivity contribution in [1.82, 2.24) is 0 Å². The zero-order chi connectivity index (χ0) is 18.4. The molecule has 136 valence electrons. The number of hydrogen-bond donors (Lipinski definition) is 0. The van der Waals surface area contributed by atoms with Crippen molar-refractivity contribution in [2.45, 2.75) is 25.1 Å². The molecule has 2 aliphatic heterocycles. The highest BCUT2D eigenvalue weighted by molar-refractivity contribution is 8.16. The Morgan fingerprint density at radius 3 is 2.72 bits per heavy atom. The molecule has 2 aliphatic rings. The SMILES string of the molecule is COc1ccc(N2C(=NC(=O)C(C)C)SC3CS(=O)(=O)CC32)cc1Cl. The van der Waals surface area contributed by atoms with Crippen LogP contribution in [0.4, 0.5) is 5.69 Å². The largest absolute Gasteiger partial charge is 0.495 e. The van der Waals surface area contributed by atoms with Crippen molar-refractivity contribution in [2.24, 2.45) is 10.9 Å². The number of amidine groups is 1. The van der Waals surface area contributed by atoms with Gasteiger partial charge in [-0.05, 0) is 18.2 Å². The smallest absolute Gasteiger partial charge is 0.250 e. The Hall–Kier alpha value is -1.25. The third-order valence-corrected chi connectivity index (χ3v) is 7.68. The highest BCUT2D eigenvalue weighted by Crippen LogP contribution is 2.42. The van der Waals surface area contributed by atoms with Crippen LogP contribution in [0.25, 0.3) is 0 Å². The normalized spacial score (nSPS) is 26.3. The van der Waals surface area contributed by atoms with Gasteiger partial charge in [0.15, 0.2) is 15.0 Å². The minimum Gasteiger partial charge on any atom is -0.495 e. The van der Waals surface area contributed by atoms with Gasteiger partial charge in [0.25, 0.3) is 5.91 Å². The number of nitrogens with zero attached hydrogens (tertiary/aromatic N) is 2. The third-order valence-electron chi connectivity index (χ3n) is 4.18. The molecule has 0 spiro atoms. The molecule has 0 bridgehead atoms. The van der Waals surface area contributed by atoms with E-state index in [0.29, 0.717) is 21.6 Å². The third kappa shape index (κ3) is 3.66. The van der Waals surface area contributed by atoms with E-state index in [1.165, 1.54) is 18.9 Å². The van der Waals surface area contributed by atoms with Gasteiger partial charge in [0, 0.05) is 16.9 Å². The van der Waals surface area contributed by atoms with Crippen molar-refractivity contribution >= 4 is 50.0 Å². The number of rotatable bonds is 3.